The molecule has 0 unspecified atom stereocenters. The summed E-state index contributed by atoms with van der Waals surface area (Å²) in [6.45, 7) is 4.10. The molecule has 26 heavy (non-hydrogen) atoms. The van der Waals surface area contributed by atoms with Crippen LogP contribution in [0.4, 0.5) is 0 Å². The van der Waals surface area contributed by atoms with Crippen molar-refractivity contribution >= 4 is 5.96 Å². The second-order valence-electron chi connectivity index (χ2n) is 5.80. The highest BCUT2D eigenvalue weighted by atomic mass is 16.5. The van der Waals surface area contributed by atoms with Crippen molar-refractivity contribution in [2.24, 2.45) is 4.99 Å². The lowest BCUT2D eigenvalue weighted by atomic mass is 10.2. The number of nitrogens with one attached hydrogen (secondary N) is 2. The smallest absolute Gasteiger partial charge is 0.218 e. The Morgan fingerprint density at radius 2 is 1.88 bits per heavy atom. The lowest BCUT2D eigenvalue weighted by Gasteiger charge is -2.14. The number of benzene rings is 1. The van der Waals surface area contributed by atoms with Crippen LogP contribution in [0.25, 0.3) is 0 Å². The Morgan fingerprint density at radius 1 is 1.12 bits per heavy atom. The van der Waals surface area contributed by atoms with E-state index in [9.17, 15) is 0 Å². The van der Waals surface area contributed by atoms with Gasteiger partial charge >= 0.3 is 0 Å². The molecule has 6 nitrogen and oxygen atoms in total. The average Bonchev–Trinajstić information content (AvgIpc) is 2.69. The molecule has 0 spiro atoms. The first-order chi connectivity index (χ1) is 12.8. The minimum Gasteiger partial charge on any atom is -0.497 e. The molecule has 140 valence electrons. The first kappa shape index (κ1) is 19.6. The van der Waals surface area contributed by atoms with Crippen molar-refractivity contribution in [1.82, 2.24) is 15.6 Å². The summed E-state index contributed by atoms with van der Waals surface area (Å²) in [5.74, 6) is 2.26. The zero-order valence-corrected chi connectivity index (χ0v) is 15.8. The molecule has 2 rings (SSSR count). The minimum absolute atomic E-state index is 0.595. The number of ether oxygens (including phenoxy) is 2. The summed E-state index contributed by atoms with van der Waals surface area (Å²) in [5.41, 5.74) is 2.16. The topological polar surface area (TPSA) is 67.8 Å². The molecule has 1 aromatic heterocycles. The predicted molar refractivity (Wildman–Crippen MR) is 105 cm³/mol. The maximum absolute atomic E-state index is 5.77. The van der Waals surface area contributed by atoms with E-state index in [0.29, 0.717) is 25.6 Å². The molecule has 2 N–H and O–H groups in total. The van der Waals surface area contributed by atoms with E-state index in [-0.39, 0.29) is 0 Å². The summed E-state index contributed by atoms with van der Waals surface area (Å²) < 4.78 is 10.9. The number of rotatable bonds is 9. The molecule has 1 heterocycles. The summed E-state index contributed by atoms with van der Waals surface area (Å²) in [6, 6.07) is 11.9. The van der Waals surface area contributed by atoms with Crippen molar-refractivity contribution < 1.29 is 9.47 Å². The van der Waals surface area contributed by atoms with Gasteiger partial charge in [0.15, 0.2) is 5.96 Å². The van der Waals surface area contributed by atoms with E-state index in [4.69, 9.17) is 9.47 Å². The van der Waals surface area contributed by atoms with Crippen LogP contribution in [0.5, 0.6) is 11.6 Å². The molecule has 6 heteroatoms. The minimum atomic E-state index is 0.595. The lowest BCUT2D eigenvalue weighted by molar-refractivity contribution is 0.294. The SMILES string of the molecule is CCCCOc1ncccc1CNC(=NC)NCc1ccc(OC)cc1. The summed E-state index contributed by atoms with van der Waals surface area (Å²) in [7, 11) is 3.42. The summed E-state index contributed by atoms with van der Waals surface area (Å²) in [4.78, 5) is 8.60. The van der Waals surface area contributed by atoms with Gasteiger partial charge in [-0.15, -0.1) is 0 Å². The fourth-order valence-electron chi connectivity index (χ4n) is 2.33. The van der Waals surface area contributed by atoms with E-state index in [1.807, 2.05) is 36.4 Å². The molecular formula is C20H28N4O2. The first-order valence-electron chi connectivity index (χ1n) is 8.91. The lowest BCUT2D eigenvalue weighted by Crippen LogP contribution is -2.36. The summed E-state index contributed by atoms with van der Waals surface area (Å²) in [5, 5.41) is 6.61. The number of unbranched alkanes of at least 4 members (excludes halogenated alkanes) is 1. The second kappa shape index (κ2) is 11.0. The number of hydrogen-bond acceptors (Lipinski definition) is 4. The Hall–Kier alpha value is -2.76. The molecule has 0 bridgehead atoms. The molecule has 0 aliphatic rings. The van der Waals surface area contributed by atoms with E-state index < -0.39 is 0 Å². The van der Waals surface area contributed by atoms with Crippen molar-refractivity contribution in [3.63, 3.8) is 0 Å². The fraction of sp³-hybridized carbons (Fsp3) is 0.400. The Morgan fingerprint density at radius 3 is 2.58 bits per heavy atom. The molecular weight excluding hydrogens is 328 g/mol. The van der Waals surface area contributed by atoms with Crippen molar-refractivity contribution in [3.05, 3.63) is 53.7 Å². The van der Waals surface area contributed by atoms with Gasteiger partial charge in [0, 0.05) is 31.9 Å². The quantitative estimate of drug-likeness (QED) is 0.410. The molecule has 0 aliphatic carbocycles. The van der Waals surface area contributed by atoms with Gasteiger partial charge in [0.25, 0.3) is 0 Å². The van der Waals surface area contributed by atoms with Crippen LogP contribution in [0, 0.1) is 0 Å². The number of methoxy groups -OCH3 is 1. The monoisotopic (exact) mass is 356 g/mol. The Balaban J connectivity index is 1.86. The number of aliphatic imine (C=N–C) groups is 1. The highest BCUT2D eigenvalue weighted by molar-refractivity contribution is 5.79. The van der Waals surface area contributed by atoms with Gasteiger partial charge in [0.1, 0.15) is 5.75 Å². The van der Waals surface area contributed by atoms with E-state index in [2.05, 4.69) is 27.5 Å². The Kier molecular flexibility index (Phi) is 8.26. The zero-order valence-electron chi connectivity index (χ0n) is 15.8. The van der Waals surface area contributed by atoms with Gasteiger partial charge in [-0.05, 0) is 30.2 Å². The van der Waals surface area contributed by atoms with E-state index in [0.717, 1.165) is 35.7 Å². The van der Waals surface area contributed by atoms with Crippen LogP contribution in [0.15, 0.2) is 47.6 Å². The third kappa shape index (κ3) is 6.27. The molecule has 0 radical (unpaired) electrons. The number of pyridine rings is 1. The second-order valence-corrected chi connectivity index (χ2v) is 5.80. The maximum atomic E-state index is 5.77. The number of aromatic nitrogens is 1. The van der Waals surface area contributed by atoms with E-state index >= 15 is 0 Å². The van der Waals surface area contributed by atoms with Crippen LogP contribution in [0.3, 0.4) is 0 Å². The van der Waals surface area contributed by atoms with Gasteiger partial charge in [-0.1, -0.05) is 31.5 Å². The molecule has 0 amide bonds. The first-order valence-corrected chi connectivity index (χ1v) is 8.91. The highest BCUT2D eigenvalue weighted by Crippen LogP contribution is 2.14. The van der Waals surface area contributed by atoms with E-state index in [1.54, 1.807) is 20.4 Å². The molecule has 0 aliphatic heterocycles. The van der Waals surface area contributed by atoms with Crippen molar-refractivity contribution in [2.75, 3.05) is 20.8 Å². The van der Waals surface area contributed by atoms with Gasteiger partial charge < -0.3 is 20.1 Å². The van der Waals surface area contributed by atoms with Crippen molar-refractivity contribution in [2.45, 2.75) is 32.9 Å². The van der Waals surface area contributed by atoms with Crippen LogP contribution >= 0.6 is 0 Å². The molecule has 0 atom stereocenters. The zero-order chi connectivity index (χ0) is 18.6. The van der Waals surface area contributed by atoms with Gasteiger partial charge in [0.2, 0.25) is 5.88 Å². The van der Waals surface area contributed by atoms with Gasteiger partial charge in [-0.3, -0.25) is 4.99 Å². The molecule has 0 saturated carbocycles. The fourth-order valence-corrected chi connectivity index (χ4v) is 2.33. The Labute approximate surface area is 155 Å². The van der Waals surface area contributed by atoms with Crippen LogP contribution in [-0.4, -0.2) is 31.7 Å². The maximum Gasteiger partial charge on any atom is 0.218 e. The number of hydrogen-bond donors (Lipinski definition) is 2. The Bertz CT molecular complexity index is 686. The van der Waals surface area contributed by atoms with Gasteiger partial charge in [0.05, 0.1) is 13.7 Å². The predicted octanol–water partition coefficient (Wildman–Crippen LogP) is 3.13. The number of nitrogens with zero attached hydrogens (tertiary/aromatic N) is 2. The van der Waals surface area contributed by atoms with Gasteiger partial charge in [-0.25, -0.2) is 4.98 Å². The average molecular weight is 356 g/mol. The standard InChI is InChI=1S/C20H28N4O2/c1-4-5-13-26-19-17(7-6-12-22-19)15-24-20(21-2)23-14-16-8-10-18(25-3)11-9-16/h6-12H,4-5,13-15H2,1-3H3,(H2,21,23,24). The van der Waals surface area contributed by atoms with Crippen molar-refractivity contribution in [1.29, 1.82) is 0 Å². The third-order valence-electron chi connectivity index (χ3n) is 3.88. The molecule has 2 aromatic rings. The normalized spacial score (nSPS) is 11.1. The van der Waals surface area contributed by atoms with Gasteiger partial charge in [-0.2, -0.15) is 0 Å². The molecule has 0 saturated heterocycles. The highest BCUT2D eigenvalue weighted by Gasteiger charge is 2.06. The van der Waals surface area contributed by atoms with Crippen LogP contribution in [0.1, 0.15) is 30.9 Å². The number of guanidine groups is 1. The summed E-state index contributed by atoms with van der Waals surface area (Å²) >= 11 is 0. The molecule has 1 aromatic carbocycles. The largest absolute Gasteiger partial charge is 0.497 e. The summed E-state index contributed by atoms with van der Waals surface area (Å²) in [6.07, 6.45) is 3.87. The third-order valence-corrected chi connectivity index (χ3v) is 3.88. The van der Waals surface area contributed by atoms with Crippen LogP contribution in [0.2, 0.25) is 0 Å². The van der Waals surface area contributed by atoms with Crippen LogP contribution < -0.4 is 20.1 Å². The van der Waals surface area contributed by atoms with E-state index in [1.165, 1.54) is 0 Å². The molecule has 0 fully saturated rings. The van der Waals surface area contributed by atoms with Crippen molar-refractivity contribution in [3.8, 4) is 11.6 Å². The van der Waals surface area contributed by atoms with Crippen LogP contribution in [-0.2, 0) is 13.1 Å².